The average Bonchev–Trinajstić information content (AvgIpc) is 2.45. The molecule has 0 aromatic rings. The Morgan fingerprint density at radius 1 is 1.26 bits per heavy atom. The third-order valence-corrected chi connectivity index (χ3v) is 4.34. The zero-order chi connectivity index (χ0) is 14.7. The molecule has 1 heterocycles. The summed E-state index contributed by atoms with van der Waals surface area (Å²) in [7, 11) is 1.48. The van der Waals surface area contributed by atoms with Crippen LogP contribution in [0.2, 0.25) is 0 Å². The SMILES string of the molecule is CCC1(CC)C(OC)NC(Cl)=C(C#N)C1(C#N)C#N. The average molecular weight is 279 g/mol. The molecule has 0 bridgehead atoms. The molecule has 1 N–H and O–H groups in total. The summed E-state index contributed by atoms with van der Waals surface area (Å²) in [6, 6.07) is 5.92. The summed E-state index contributed by atoms with van der Waals surface area (Å²) in [6.45, 7) is 3.74. The fraction of sp³-hybridized carbons (Fsp3) is 0.615. The molecule has 0 spiro atoms. The van der Waals surface area contributed by atoms with Gasteiger partial charge >= 0.3 is 0 Å². The lowest BCUT2D eigenvalue weighted by Crippen LogP contribution is -2.58. The maximum Gasteiger partial charge on any atom is 0.191 e. The fourth-order valence-electron chi connectivity index (χ4n) is 2.86. The Labute approximate surface area is 118 Å². The number of nitriles is 3. The van der Waals surface area contributed by atoms with Gasteiger partial charge in [0, 0.05) is 7.11 Å². The van der Waals surface area contributed by atoms with Gasteiger partial charge in [0.2, 0.25) is 0 Å². The Bertz CT molecular complexity index is 502. The van der Waals surface area contributed by atoms with Crippen molar-refractivity contribution in [1.29, 1.82) is 15.8 Å². The molecular weight excluding hydrogens is 264 g/mol. The number of methoxy groups -OCH3 is 1. The molecule has 5 nitrogen and oxygen atoms in total. The summed E-state index contributed by atoms with van der Waals surface area (Å²) in [6.07, 6.45) is 0.420. The maximum atomic E-state index is 9.57. The van der Waals surface area contributed by atoms with Crippen LogP contribution in [-0.2, 0) is 4.74 Å². The van der Waals surface area contributed by atoms with E-state index >= 15 is 0 Å². The van der Waals surface area contributed by atoms with Crippen LogP contribution < -0.4 is 5.32 Å². The fourth-order valence-corrected chi connectivity index (χ4v) is 3.15. The van der Waals surface area contributed by atoms with E-state index in [1.54, 1.807) is 0 Å². The van der Waals surface area contributed by atoms with Gasteiger partial charge < -0.3 is 10.1 Å². The first kappa shape index (κ1) is 15.3. The Kier molecular flexibility index (Phi) is 4.43. The molecule has 0 saturated carbocycles. The van der Waals surface area contributed by atoms with Crippen molar-refractivity contribution in [3.63, 3.8) is 0 Å². The van der Waals surface area contributed by atoms with Crippen molar-refractivity contribution >= 4 is 11.6 Å². The van der Waals surface area contributed by atoms with Gasteiger partial charge in [0.25, 0.3) is 0 Å². The Morgan fingerprint density at radius 2 is 1.79 bits per heavy atom. The van der Waals surface area contributed by atoms with E-state index in [4.69, 9.17) is 16.3 Å². The van der Waals surface area contributed by atoms with Crippen LogP contribution >= 0.6 is 11.6 Å². The summed E-state index contributed by atoms with van der Waals surface area (Å²) < 4.78 is 5.37. The molecule has 0 radical (unpaired) electrons. The van der Waals surface area contributed by atoms with Crippen LogP contribution in [-0.4, -0.2) is 13.3 Å². The summed E-state index contributed by atoms with van der Waals surface area (Å²) >= 11 is 6.00. The molecule has 1 aliphatic heterocycles. The standard InChI is InChI=1S/C13H15ClN4O/c1-4-12(5-2)11(19-3)18-10(14)9(6-15)13(12,7-16)8-17/h11,18H,4-5H2,1-3H3. The minimum Gasteiger partial charge on any atom is -0.361 e. The zero-order valence-corrected chi connectivity index (χ0v) is 11.9. The lowest BCUT2D eigenvalue weighted by atomic mass is 9.56. The van der Waals surface area contributed by atoms with Crippen LogP contribution in [0, 0.1) is 44.8 Å². The second kappa shape index (κ2) is 5.49. The number of rotatable bonds is 3. The quantitative estimate of drug-likeness (QED) is 0.800. The van der Waals surface area contributed by atoms with Gasteiger partial charge in [0.05, 0.1) is 23.1 Å². The largest absolute Gasteiger partial charge is 0.361 e. The van der Waals surface area contributed by atoms with Gasteiger partial charge in [-0.05, 0) is 12.8 Å². The van der Waals surface area contributed by atoms with E-state index in [0.717, 1.165) is 0 Å². The zero-order valence-electron chi connectivity index (χ0n) is 11.1. The molecule has 0 aromatic carbocycles. The number of hydrogen-bond acceptors (Lipinski definition) is 5. The number of halogens is 1. The molecule has 0 saturated heterocycles. The summed E-state index contributed by atoms with van der Waals surface area (Å²) in [4.78, 5) is 0. The third-order valence-electron chi connectivity index (χ3n) is 4.05. The van der Waals surface area contributed by atoms with Crippen molar-refractivity contribution in [2.75, 3.05) is 7.11 Å². The van der Waals surface area contributed by atoms with Crippen molar-refractivity contribution < 1.29 is 4.74 Å². The van der Waals surface area contributed by atoms with Gasteiger partial charge in [-0.2, -0.15) is 15.8 Å². The highest BCUT2D eigenvalue weighted by molar-refractivity contribution is 6.30. The van der Waals surface area contributed by atoms with Crippen molar-refractivity contribution in [2.45, 2.75) is 32.9 Å². The number of ether oxygens (including phenoxy) is 1. The molecule has 0 fully saturated rings. The van der Waals surface area contributed by atoms with Crippen LogP contribution in [0.15, 0.2) is 10.7 Å². The van der Waals surface area contributed by atoms with Crippen molar-refractivity contribution in [3.8, 4) is 18.2 Å². The lowest BCUT2D eigenvalue weighted by molar-refractivity contribution is -0.0733. The van der Waals surface area contributed by atoms with E-state index in [1.807, 2.05) is 32.1 Å². The first-order valence-electron chi connectivity index (χ1n) is 5.95. The van der Waals surface area contributed by atoms with Crippen LogP contribution in [0.3, 0.4) is 0 Å². The minimum absolute atomic E-state index is 0.00924. The smallest absolute Gasteiger partial charge is 0.191 e. The maximum absolute atomic E-state index is 9.57. The van der Waals surface area contributed by atoms with Crippen molar-refractivity contribution in [1.82, 2.24) is 5.32 Å². The Hall–Kier alpha value is -1.74. The summed E-state index contributed by atoms with van der Waals surface area (Å²) in [5.41, 5.74) is -2.46. The number of allylic oxidation sites excluding steroid dienone is 1. The lowest BCUT2D eigenvalue weighted by Gasteiger charge is -2.49. The highest BCUT2D eigenvalue weighted by atomic mass is 35.5. The minimum atomic E-state index is -1.60. The van der Waals surface area contributed by atoms with Crippen LogP contribution in [0.25, 0.3) is 0 Å². The van der Waals surface area contributed by atoms with Gasteiger partial charge in [-0.15, -0.1) is 0 Å². The monoisotopic (exact) mass is 278 g/mol. The van der Waals surface area contributed by atoms with E-state index in [9.17, 15) is 15.8 Å². The van der Waals surface area contributed by atoms with E-state index in [2.05, 4.69) is 5.32 Å². The molecule has 100 valence electrons. The molecule has 6 heteroatoms. The predicted molar refractivity (Wildman–Crippen MR) is 69.1 cm³/mol. The van der Waals surface area contributed by atoms with Crippen LogP contribution in [0.1, 0.15) is 26.7 Å². The highest BCUT2D eigenvalue weighted by Gasteiger charge is 2.61. The molecule has 0 aliphatic carbocycles. The first-order valence-corrected chi connectivity index (χ1v) is 6.33. The van der Waals surface area contributed by atoms with E-state index in [-0.39, 0.29) is 10.7 Å². The van der Waals surface area contributed by atoms with Gasteiger partial charge in [0.15, 0.2) is 5.41 Å². The van der Waals surface area contributed by atoms with Gasteiger partial charge in [-0.25, -0.2) is 0 Å². The number of nitrogens with zero attached hydrogens (tertiary/aromatic N) is 3. The molecule has 0 amide bonds. The van der Waals surface area contributed by atoms with E-state index in [1.165, 1.54) is 7.11 Å². The molecular formula is C13H15ClN4O. The molecule has 1 aliphatic rings. The second-order valence-corrected chi connectivity index (χ2v) is 4.78. The summed E-state index contributed by atoms with van der Waals surface area (Å²) in [5.74, 6) is 0. The third kappa shape index (κ3) is 1.77. The molecule has 19 heavy (non-hydrogen) atoms. The Balaban J connectivity index is 3.73. The first-order chi connectivity index (χ1) is 9.03. The summed E-state index contributed by atoms with van der Waals surface area (Å²) in [5, 5.41) is 31.3. The van der Waals surface area contributed by atoms with Crippen molar-refractivity contribution in [3.05, 3.63) is 10.7 Å². The van der Waals surface area contributed by atoms with Crippen molar-refractivity contribution in [2.24, 2.45) is 10.8 Å². The Morgan fingerprint density at radius 3 is 2.11 bits per heavy atom. The highest BCUT2D eigenvalue weighted by Crippen LogP contribution is 2.55. The normalized spacial score (nSPS) is 23.7. The van der Waals surface area contributed by atoms with E-state index < -0.39 is 17.1 Å². The van der Waals surface area contributed by atoms with Crippen LogP contribution in [0.5, 0.6) is 0 Å². The number of hydrogen-bond donors (Lipinski definition) is 1. The molecule has 1 rings (SSSR count). The van der Waals surface area contributed by atoms with E-state index in [0.29, 0.717) is 12.8 Å². The molecule has 1 unspecified atom stereocenters. The predicted octanol–water partition coefficient (Wildman–Crippen LogP) is 2.38. The van der Waals surface area contributed by atoms with Crippen LogP contribution in [0.4, 0.5) is 0 Å². The molecule has 1 atom stereocenters. The van der Waals surface area contributed by atoms with Gasteiger partial charge in [-0.1, -0.05) is 25.4 Å². The van der Waals surface area contributed by atoms with Gasteiger partial charge in [0.1, 0.15) is 17.5 Å². The number of nitrogens with one attached hydrogen (secondary N) is 1. The topological polar surface area (TPSA) is 92.6 Å². The molecule has 0 aromatic heterocycles. The second-order valence-electron chi connectivity index (χ2n) is 4.40. The van der Waals surface area contributed by atoms with Gasteiger partial charge in [-0.3, -0.25) is 0 Å².